The van der Waals surface area contributed by atoms with Gasteiger partial charge in [-0.05, 0) is 24.5 Å². The van der Waals surface area contributed by atoms with Crippen LogP contribution >= 0.6 is 0 Å². The topological polar surface area (TPSA) is 92.1 Å². The number of aromatic nitrogens is 1. The first-order valence-electron chi connectivity index (χ1n) is 10.3. The number of hydrogen-bond donors (Lipinski definition) is 1. The molecule has 8 nitrogen and oxygen atoms in total. The van der Waals surface area contributed by atoms with Crippen LogP contribution in [0.4, 0.5) is 8.78 Å². The zero-order valence-electron chi connectivity index (χ0n) is 17.9. The molecule has 10 heteroatoms. The van der Waals surface area contributed by atoms with Crippen molar-refractivity contribution in [1.82, 2.24) is 14.6 Å². The largest absolute Gasteiger partial charge is 0.503 e. The summed E-state index contributed by atoms with van der Waals surface area (Å²) in [5.74, 6) is -3.46. The van der Waals surface area contributed by atoms with Gasteiger partial charge in [0.15, 0.2) is 17.2 Å². The van der Waals surface area contributed by atoms with Crippen LogP contribution in [0.5, 0.6) is 5.75 Å². The molecule has 0 atom stereocenters. The third kappa shape index (κ3) is 4.71. The lowest BCUT2D eigenvalue weighted by molar-refractivity contribution is -0.0546. The van der Waals surface area contributed by atoms with Gasteiger partial charge in [-0.15, -0.1) is 0 Å². The predicted octanol–water partition coefficient (Wildman–Crippen LogP) is 2.33. The Kier molecular flexibility index (Phi) is 7.37. The summed E-state index contributed by atoms with van der Waals surface area (Å²) >= 11 is 0. The number of hydrogen-bond acceptors (Lipinski definition) is 6. The number of hydrazine groups is 1. The number of pyridine rings is 1. The highest BCUT2D eigenvalue weighted by Crippen LogP contribution is 2.24. The van der Waals surface area contributed by atoms with Gasteiger partial charge >= 0.3 is 0 Å². The molecule has 1 aromatic heterocycles. The molecule has 2 heterocycles. The van der Waals surface area contributed by atoms with Crippen LogP contribution in [-0.4, -0.2) is 58.2 Å². The van der Waals surface area contributed by atoms with E-state index in [9.17, 15) is 28.3 Å². The number of nitrogens with zero attached hydrogens (tertiary/aromatic N) is 3. The van der Waals surface area contributed by atoms with E-state index in [0.29, 0.717) is 26.1 Å². The zero-order valence-corrected chi connectivity index (χ0v) is 17.9. The first-order valence-corrected chi connectivity index (χ1v) is 10.3. The normalized spacial score (nSPS) is 14.0. The summed E-state index contributed by atoms with van der Waals surface area (Å²) in [6.45, 7) is 3.16. The van der Waals surface area contributed by atoms with Crippen LogP contribution in [0.15, 0.2) is 29.2 Å². The maximum Gasteiger partial charge on any atom is 0.288 e. The number of carbonyl (C=O) groups is 2. The predicted molar refractivity (Wildman–Crippen MR) is 111 cm³/mol. The smallest absolute Gasteiger partial charge is 0.288 e. The van der Waals surface area contributed by atoms with E-state index in [4.69, 9.17) is 4.74 Å². The van der Waals surface area contributed by atoms with Crippen LogP contribution in [0.3, 0.4) is 0 Å². The number of ketones is 1. The third-order valence-electron chi connectivity index (χ3n) is 5.28. The Labute approximate surface area is 183 Å². The van der Waals surface area contributed by atoms with Crippen LogP contribution in [0.2, 0.25) is 0 Å². The molecule has 0 saturated heterocycles. The van der Waals surface area contributed by atoms with Crippen molar-refractivity contribution in [3.8, 4) is 5.75 Å². The molecule has 1 aliphatic heterocycles. The average molecular weight is 449 g/mol. The van der Waals surface area contributed by atoms with Gasteiger partial charge in [0.25, 0.3) is 5.91 Å². The number of benzene rings is 1. The quantitative estimate of drug-likeness (QED) is 0.591. The fourth-order valence-corrected chi connectivity index (χ4v) is 3.64. The van der Waals surface area contributed by atoms with Gasteiger partial charge in [0, 0.05) is 38.9 Å². The lowest BCUT2D eigenvalue weighted by Gasteiger charge is -2.40. The van der Waals surface area contributed by atoms with Gasteiger partial charge in [-0.2, -0.15) is 5.01 Å². The van der Waals surface area contributed by atoms with Crippen molar-refractivity contribution in [2.24, 2.45) is 0 Å². The van der Waals surface area contributed by atoms with Gasteiger partial charge in [-0.25, -0.2) is 8.78 Å². The Hall–Kier alpha value is -3.11. The number of rotatable bonds is 9. The second kappa shape index (κ2) is 10.0. The number of aromatic hydroxyl groups is 1. The Morgan fingerprint density at radius 1 is 1.22 bits per heavy atom. The molecule has 2 aromatic rings. The van der Waals surface area contributed by atoms with E-state index in [-0.39, 0.29) is 36.3 Å². The Morgan fingerprint density at radius 2 is 1.97 bits per heavy atom. The molecule has 0 saturated carbocycles. The maximum atomic E-state index is 13.8. The lowest BCUT2D eigenvalue weighted by atomic mass is 10.0. The molecular weight excluding hydrogens is 424 g/mol. The highest BCUT2D eigenvalue weighted by Gasteiger charge is 2.34. The van der Waals surface area contributed by atoms with E-state index in [0.717, 1.165) is 12.1 Å². The number of amides is 1. The molecule has 1 N–H and O–H groups in total. The minimum absolute atomic E-state index is 0.0456. The molecule has 1 aliphatic rings. The number of carbonyl (C=O) groups excluding carboxylic acids is 2. The van der Waals surface area contributed by atoms with E-state index in [1.165, 1.54) is 28.9 Å². The molecule has 0 radical (unpaired) electrons. The van der Waals surface area contributed by atoms with Crippen molar-refractivity contribution in [1.29, 1.82) is 0 Å². The second-order valence-electron chi connectivity index (χ2n) is 7.49. The van der Waals surface area contributed by atoms with Crippen molar-refractivity contribution in [3.05, 3.63) is 63.1 Å². The SMILES string of the molecule is CCCN1C(=O)c2c(O)c(=O)c(C(=O)CCc3ccc(F)cc3F)cn2CN1CCOC. The number of methoxy groups -OCH3 is 1. The molecule has 0 fully saturated rings. The van der Waals surface area contributed by atoms with Gasteiger partial charge < -0.3 is 14.4 Å². The number of aryl methyl sites for hydroxylation is 1. The highest BCUT2D eigenvalue weighted by molar-refractivity contribution is 5.99. The van der Waals surface area contributed by atoms with Crippen molar-refractivity contribution < 1.29 is 28.2 Å². The van der Waals surface area contributed by atoms with E-state index < -0.39 is 34.5 Å². The maximum absolute atomic E-state index is 13.8. The van der Waals surface area contributed by atoms with Crippen LogP contribution < -0.4 is 5.43 Å². The average Bonchev–Trinajstić information content (AvgIpc) is 2.75. The van der Waals surface area contributed by atoms with Crippen LogP contribution in [0, 0.1) is 11.6 Å². The lowest BCUT2D eigenvalue weighted by Crippen LogP contribution is -2.54. The molecule has 1 aromatic carbocycles. The summed E-state index contributed by atoms with van der Waals surface area (Å²) in [6, 6.07) is 3.05. The van der Waals surface area contributed by atoms with E-state index in [2.05, 4.69) is 0 Å². The molecule has 32 heavy (non-hydrogen) atoms. The number of halogens is 2. The number of fused-ring (bicyclic) bond motifs is 1. The van der Waals surface area contributed by atoms with Crippen LogP contribution in [0.25, 0.3) is 0 Å². The number of ether oxygens (including phenoxy) is 1. The summed E-state index contributed by atoms with van der Waals surface area (Å²) in [6.07, 6.45) is 1.65. The molecule has 0 aliphatic carbocycles. The van der Waals surface area contributed by atoms with Crippen molar-refractivity contribution >= 4 is 11.7 Å². The fourth-order valence-electron chi connectivity index (χ4n) is 3.64. The summed E-state index contributed by atoms with van der Waals surface area (Å²) in [4.78, 5) is 38.3. The molecule has 0 unspecified atom stereocenters. The molecular formula is C22H25F2N3O5. The highest BCUT2D eigenvalue weighted by atomic mass is 19.1. The monoisotopic (exact) mass is 449 g/mol. The molecule has 1 amide bonds. The Morgan fingerprint density at radius 3 is 2.62 bits per heavy atom. The Balaban J connectivity index is 1.90. The summed E-state index contributed by atoms with van der Waals surface area (Å²) in [5, 5.41) is 13.6. The van der Waals surface area contributed by atoms with Gasteiger partial charge in [-0.1, -0.05) is 13.0 Å². The second-order valence-corrected chi connectivity index (χ2v) is 7.49. The molecule has 172 valence electrons. The molecule has 0 spiro atoms. The summed E-state index contributed by atoms with van der Waals surface area (Å²) < 4.78 is 33.4. The molecule has 3 rings (SSSR count). The van der Waals surface area contributed by atoms with Gasteiger partial charge in [0.2, 0.25) is 5.43 Å². The Bertz CT molecular complexity index is 1090. The van der Waals surface area contributed by atoms with Crippen LogP contribution in [0.1, 0.15) is 46.2 Å². The van der Waals surface area contributed by atoms with Gasteiger partial charge in [0.1, 0.15) is 11.6 Å². The number of Topliss-reactive ketones (excluding diaryl/α,β-unsaturated/α-hetero) is 1. The van der Waals surface area contributed by atoms with E-state index >= 15 is 0 Å². The zero-order chi connectivity index (χ0) is 23.4. The van der Waals surface area contributed by atoms with E-state index in [1.807, 2.05) is 6.92 Å². The van der Waals surface area contributed by atoms with Crippen molar-refractivity contribution in [2.75, 3.05) is 26.8 Å². The molecule has 0 bridgehead atoms. The fraction of sp³-hybridized carbons (Fsp3) is 0.409. The first-order chi connectivity index (χ1) is 15.3. The standard InChI is InChI=1S/C22H25F2N3O5/c1-3-8-27-22(31)19-21(30)20(29)16(12-25(19)13-26(27)9-10-32-2)18(28)7-5-14-4-6-15(23)11-17(14)24/h4,6,11-12,30H,3,5,7-10,13H2,1-2H3. The van der Waals surface area contributed by atoms with Gasteiger partial charge in [0.05, 0.1) is 18.8 Å². The van der Waals surface area contributed by atoms with Crippen molar-refractivity contribution in [2.45, 2.75) is 32.9 Å². The first kappa shape index (κ1) is 23.6. The summed E-state index contributed by atoms with van der Waals surface area (Å²) in [7, 11) is 1.54. The minimum atomic E-state index is -0.948. The third-order valence-corrected chi connectivity index (χ3v) is 5.28. The van der Waals surface area contributed by atoms with Crippen molar-refractivity contribution in [3.63, 3.8) is 0 Å². The minimum Gasteiger partial charge on any atom is -0.503 e. The van der Waals surface area contributed by atoms with E-state index in [1.54, 1.807) is 5.01 Å². The van der Waals surface area contributed by atoms with Crippen LogP contribution in [-0.2, 0) is 17.8 Å². The van der Waals surface area contributed by atoms with Gasteiger partial charge in [-0.3, -0.25) is 19.4 Å². The summed E-state index contributed by atoms with van der Waals surface area (Å²) in [5.41, 5.74) is -1.29.